The number of anilines is 2. The molecule has 1 aliphatic carbocycles. The summed E-state index contributed by atoms with van der Waals surface area (Å²) in [6.07, 6.45) is 7.16. The molecule has 0 saturated heterocycles. The Kier molecular flexibility index (Phi) is 9.96. The number of hydrogen-bond donors (Lipinski definition) is 0. The van der Waals surface area contributed by atoms with Crippen LogP contribution in [0.2, 0.25) is 0 Å². The Morgan fingerprint density at radius 3 is 2.00 bits per heavy atom. The van der Waals surface area contributed by atoms with Crippen molar-refractivity contribution in [1.82, 2.24) is 14.1 Å². The molecule has 6 heteroatoms. The van der Waals surface area contributed by atoms with Gasteiger partial charge in [-0.25, -0.2) is 0 Å². The first-order valence-electron chi connectivity index (χ1n) is 20.9. The van der Waals surface area contributed by atoms with Gasteiger partial charge in [0.15, 0.2) is 0 Å². The quantitative estimate of drug-likeness (QED) is 0.167. The van der Waals surface area contributed by atoms with E-state index in [2.05, 4.69) is 209 Å². The molecule has 0 spiro atoms. The van der Waals surface area contributed by atoms with Crippen molar-refractivity contribution in [1.29, 1.82) is 0 Å². The van der Waals surface area contributed by atoms with Crippen LogP contribution < -0.4 is 9.64 Å². The Hall–Kier alpha value is -4.99. The molecule has 58 heavy (non-hydrogen) atoms. The number of ether oxygens (including phenoxy) is 1. The molecular formula is C52H54N4OPt. The minimum absolute atomic E-state index is 0.0144. The molecule has 5 nitrogen and oxygen atoms in total. The van der Waals surface area contributed by atoms with Crippen molar-refractivity contribution in [2.45, 2.75) is 90.9 Å². The summed E-state index contributed by atoms with van der Waals surface area (Å²) in [6.45, 7) is 17.0. The van der Waals surface area contributed by atoms with Crippen molar-refractivity contribution in [2.24, 2.45) is 5.92 Å². The molecule has 9 rings (SSSR count). The number of imidazole rings is 1. The van der Waals surface area contributed by atoms with Crippen LogP contribution in [-0.4, -0.2) is 20.7 Å². The summed E-state index contributed by atoms with van der Waals surface area (Å²) >= 11 is 2.51. The van der Waals surface area contributed by atoms with Crippen LogP contribution in [-0.2, 0) is 30.2 Å². The number of para-hydroxylation sites is 2. The first kappa shape index (κ1) is 38.5. The van der Waals surface area contributed by atoms with Gasteiger partial charge in [-0.3, -0.25) is 0 Å². The smallest absolute Gasteiger partial charge is 0.0622 e. The van der Waals surface area contributed by atoms with Gasteiger partial charge in [0.25, 0.3) is 0 Å². The number of rotatable bonds is 6. The van der Waals surface area contributed by atoms with Gasteiger partial charge in [-0.15, -0.1) is 0 Å². The number of nitrogens with zero attached hydrogens (tertiary/aromatic N) is 4. The summed E-state index contributed by atoms with van der Waals surface area (Å²) in [7, 11) is 0. The van der Waals surface area contributed by atoms with E-state index in [1.165, 1.54) is 76.0 Å². The van der Waals surface area contributed by atoms with Crippen molar-refractivity contribution < 1.29 is 24.1 Å². The van der Waals surface area contributed by atoms with Crippen LogP contribution in [0.15, 0.2) is 128 Å². The SMILES string of the molecule is Cc1cc(N2CC3CCCCC3c3ccc(Oc4cccc(-n5[c](=[Pt])n(-c6cc(C(C)(C)C)cc(C(C)(C)C)c6)c6ccccc65)c4)cc32)ncc1-c1ccccc1. The second-order valence-corrected chi connectivity index (χ2v) is 19.5. The van der Waals surface area contributed by atoms with Crippen LogP contribution in [0.5, 0.6) is 11.5 Å². The van der Waals surface area contributed by atoms with Crippen molar-refractivity contribution >= 4 is 22.5 Å². The zero-order valence-corrected chi connectivity index (χ0v) is 37.1. The zero-order valence-electron chi connectivity index (χ0n) is 34.8. The van der Waals surface area contributed by atoms with Crippen LogP contribution in [0.1, 0.15) is 95.4 Å². The Balaban J connectivity index is 1.09. The van der Waals surface area contributed by atoms with Gasteiger partial charge >= 0.3 is 277 Å². The monoisotopic (exact) mass is 945 g/mol. The predicted molar refractivity (Wildman–Crippen MR) is 236 cm³/mol. The molecule has 298 valence electrons. The fourth-order valence-corrected chi connectivity index (χ4v) is 10.3. The van der Waals surface area contributed by atoms with Crippen molar-refractivity contribution in [3.8, 4) is 34.0 Å². The third-order valence-electron chi connectivity index (χ3n) is 12.4. The summed E-state index contributed by atoms with van der Waals surface area (Å²) in [4.78, 5) is 7.56. The first-order valence-corrected chi connectivity index (χ1v) is 22.0. The van der Waals surface area contributed by atoms with E-state index < -0.39 is 0 Å². The summed E-state index contributed by atoms with van der Waals surface area (Å²) < 4.78 is 12.7. The maximum absolute atomic E-state index is 6.81. The first-order chi connectivity index (χ1) is 27.8. The van der Waals surface area contributed by atoms with Crippen molar-refractivity contribution in [3.05, 3.63) is 154 Å². The van der Waals surface area contributed by atoms with Crippen LogP contribution in [0.3, 0.4) is 0 Å². The van der Waals surface area contributed by atoms with Gasteiger partial charge in [0.05, 0.1) is 0 Å². The summed E-state index contributed by atoms with van der Waals surface area (Å²) in [6, 6.07) is 44.0. The predicted octanol–water partition coefficient (Wildman–Crippen LogP) is 13.7. The Labute approximate surface area is 354 Å². The van der Waals surface area contributed by atoms with E-state index in [4.69, 9.17) is 9.72 Å². The molecule has 0 radical (unpaired) electrons. The average molecular weight is 946 g/mol. The molecule has 0 N–H and O–H groups in total. The summed E-state index contributed by atoms with van der Waals surface area (Å²) in [5, 5.41) is 0. The number of aromatic nitrogens is 3. The molecule has 7 aromatic rings. The Morgan fingerprint density at radius 2 is 1.31 bits per heavy atom. The van der Waals surface area contributed by atoms with Gasteiger partial charge in [-0.1, -0.05) is 43.2 Å². The molecule has 0 bridgehead atoms. The van der Waals surface area contributed by atoms with E-state index in [9.17, 15) is 0 Å². The normalized spacial score (nSPS) is 16.9. The van der Waals surface area contributed by atoms with Crippen molar-refractivity contribution in [3.63, 3.8) is 0 Å². The summed E-state index contributed by atoms with van der Waals surface area (Å²) in [5.74, 6) is 3.84. The average Bonchev–Trinajstić information content (AvgIpc) is 3.51. The third kappa shape index (κ3) is 7.21. The fraction of sp³-hybridized carbons (Fsp3) is 0.308. The molecule has 2 atom stereocenters. The number of aryl methyl sites for hydroxylation is 1. The number of pyridine rings is 1. The van der Waals surface area contributed by atoms with E-state index in [0.717, 1.165) is 38.9 Å². The molecule has 0 amide bonds. The van der Waals surface area contributed by atoms with Gasteiger partial charge in [-0.2, -0.15) is 0 Å². The van der Waals surface area contributed by atoms with Gasteiger partial charge in [0.2, 0.25) is 0 Å². The minimum Gasteiger partial charge on any atom is -0.0622 e. The number of benzene rings is 5. The molecular weight excluding hydrogens is 892 g/mol. The third-order valence-corrected chi connectivity index (χ3v) is 13.4. The van der Waals surface area contributed by atoms with E-state index in [0.29, 0.717) is 11.8 Å². The zero-order chi connectivity index (χ0) is 40.3. The van der Waals surface area contributed by atoms with Crippen molar-refractivity contribution in [2.75, 3.05) is 11.4 Å². The van der Waals surface area contributed by atoms with Gasteiger partial charge in [0.1, 0.15) is 0 Å². The van der Waals surface area contributed by atoms with E-state index in [-0.39, 0.29) is 10.8 Å². The fourth-order valence-electron chi connectivity index (χ4n) is 9.16. The molecule has 1 saturated carbocycles. The van der Waals surface area contributed by atoms with E-state index in [1.807, 2.05) is 0 Å². The number of hydrogen-bond acceptors (Lipinski definition) is 3. The Morgan fingerprint density at radius 1 is 0.655 bits per heavy atom. The second-order valence-electron chi connectivity index (χ2n) is 18.5. The summed E-state index contributed by atoms with van der Waals surface area (Å²) in [5.41, 5.74) is 13.5. The molecule has 3 heterocycles. The molecule has 5 aromatic carbocycles. The molecule has 1 aliphatic heterocycles. The molecule has 2 unspecified atom stereocenters. The second kappa shape index (κ2) is 15.0. The van der Waals surface area contributed by atoms with Crippen LogP contribution in [0.25, 0.3) is 33.5 Å². The molecule has 1 fully saturated rings. The Bertz CT molecular complexity index is 2680. The standard InChI is InChI=1S/C52H54N4O.Pt/c1-35-26-50(53-32-46(35)36-16-9-8-10-17-36)54-33-37-18-11-12-21-44(37)45-25-24-43(31-49(45)54)57-42-20-15-19-40(30-42)55-34-56(48-23-14-13-22-47(48)55)41-28-38(51(2,3)4)27-39(29-41)52(5,6)7;/h8-10,13-17,19-20,22-32,37,44H,11-12,18,21,33H2,1-7H3;. The maximum atomic E-state index is 6.81. The van der Waals surface area contributed by atoms with Crippen LogP contribution in [0, 0.1) is 16.6 Å². The minimum atomic E-state index is 0.0144. The van der Waals surface area contributed by atoms with Gasteiger partial charge < -0.3 is 0 Å². The van der Waals surface area contributed by atoms with Gasteiger partial charge in [0, 0.05) is 11.8 Å². The molecule has 2 aromatic heterocycles. The van der Waals surface area contributed by atoms with E-state index in [1.54, 1.807) is 0 Å². The van der Waals surface area contributed by atoms with Gasteiger partial charge in [-0.05, 0) is 24.5 Å². The van der Waals surface area contributed by atoms with E-state index >= 15 is 0 Å². The topological polar surface area (TPSA) is 35.2 Å². The van der Waals surface area contributed by atoms with Crippen LogP contribution >= 0.6 is 0 Å². The van der Waals surface area contributed by atoms with Crippen LogP contribution in [0.4, 0.5) is 11.5 Å². The molecule has 2 aliphatic rings. The number of fused-ring (bicyclic) bond motifs is 4.